The van der Waals surface area contributed by atoms with Crippen molar-refractivity contribution in [1.82, 2.24) is 29.8 Å². The van der Waals surface area contributed by atoms with Crippen molar-refractivity contribution in [3.8, 4) is 17.3 Å². The molecular formula is C28H33N9O3S2. The number of hydrogen-bond acceptors (Lipinski definition) is 12. The van der Waals surface area contributed by atoms with Gasteiger partial charge in [0.1, 0.15) is 23.2 Å². The Morgan fingerprint density at radius 1 is 1.21 bits per heavy atom. The number of nitriles is 1. The Balaban J connectivity index is 1.34. The van der Waals surface area contributed by atoms with E-state index >= 15 is 0 Å². The Hall–Kier alpha value is -4.06. The number of aryl methyl sites for hydroxylation is 2. The second-order valence-corrected chi connectivity index (χ2v) is 12.1. The van der Waals surface area contributed by atoms with Gasteiger partial charge in [0.2, 0.25) is 16.0 Å². The summed E-state index contributed by atoms with van der Waals surface area (Å²) in [7, 11) is 5.14. The summed E-state index contributed by atoms with van der Waals surface area (Å²) in [5, 5.41) is 19.0. The van der Waals surface area contributed by atoms with Crippen molar-refractivity contribution in [1.29, 1.82) is 5.26 Å². The minimum Gasteiger partial charge on any atom is -0.468 e. The van der Waals surface area contributed by atoms with Gasteiger partial charge in [-0.05, 0) is 26.8 Å². The number of esters is 1. The summed E-state index contributed by atoms with van der Waals surface area (Å²) in [5.41, 5.74) is 3.64. The Morgan fingerprint density at radius 3 is 2.67 bits per heavy atom. The van der Waals surface area contributed by atoms with Gasteiger partial charge in [0.15, 0.2) is 10.9 Å². The van der Waals surface area contributed by atoms with E-state index in [1.54, 1.807) is 0 Å². The van der Waals surface area contributed by atoms with Crippen molar-refractivity contribution in [2.45, 2.75) is 32.7 Å². The molecule has 0 saturated carbocycles. The molecule has 14 heteroatoms. The Kier molecular flexibility index (Phi) is 8.72. The third kappa shape index (κ3) is 5.94. The van der Waals surface area contributed by atoms with E-state index < -0.39 is 5.97 Å². The van der Waals surface area contributed by atoms with Gasteiger partial charge in [0.25, 0.3) is 0 Å². The first-order valence-electron chi connectivity index (χ1n) is 13.6. The number of nitrogens with one attached hydrogen (secondary N) is 1. The number of methoxy groups -OCH3 is 1. The summed E-state index contributed by atoms with van der Waals surface area (Å²) in [5.74, 6) is 0.134. The van der Waals surface area contributed by atoms with Crippen LogP contribution >= 0.6 is 22.7 Å². The molecule has 1 unspecified atom stereocenters. The number of carbonyl (C=O) groups excluding carboxylic acids is 2. The molecule has 1 aromatic carbocycles. The molecule has 42 heavy (non-hydrogen) atoms. The number of carbonyl (C=O) groups is 2. The smallest absolute Gasteiger partial charge is 0.325 e. The molecule has 4 heterocycles. The SMILES string of the molecule is CCc1nc2sc(N3CCC(N(C)CC(=O)NCC(=O)OC)C3)nn2c1N(C)c1nc(-c2ccc(C)cc2)c(C#N)s1. The van der Waals surface area contributed by atoms with E-state index in [1.807, 2.05) is 59.6 Å². The highest BCUT2D eigenvalue weighted by molar-refractivity contribution is 7.20. The first-order chi connectivity index (χ1) is 20.2. The van der Waals surface area contributed by atoms with E-state index in [9.17, 15) is 14.9 Å². The number of imidazole rings is 1. The molecule has 1 amide bonds. The average molecular weight is 608 g/mol. The molecule has 0 bridgehead atoms. The standard InChI is InChI=1S/C28H33N9O3S2/c1-6-20-25(35(4)26-32-24(21(13-29)41-26)18-9-7-17(2)8-10-18)37-27(31-20)42-28(33-37)36-12-11-19(15-36)34(3)16-22(38)30-14-23(39)40-5/h7-10,19H,6,11-12,14-16H2,1-5H3,(H,30,38). The molecule has 1 fully saturated rings. The number of ether oxygens (including phenoxy) is 1. The number of rotatable bonds is 10. The molecule has 12 nitrogen and oxygen atoms in total. The van der Waals surface area contributed by atoms with Crippen LogP contribution in [0.25, 0.3) is 16.2 Å². The average Bonchev–Trinajstić information content (AvgIpc) is 3.78. The molecule has 0 aliphatic carbocycles. The van der Waals surface area contributed by atoms with Gasteiger partial charge in [-0.2, -0.15) is 9.78 Å². The predicted molar refractivity (Wildman–Crippen MR) is 164 cm³/mol. The van der Waals surface area contributed by atoms with E-state index in [1.165, 1.54) is 29.8 Å². The van der Waals surface area contributed by atoms with E-state index in [-0.39, 0.29) is 25.0 Å². The fraction of sp³-hybridized carbons (Fsp3) is 0.429. The number of anilines is 3. The third-order valence-electron chi connectivity index (χ3n) is 7.33. The molecular weight excluding hydrogens is 575 g/mol. The molecule has 1 saturated heterocycles. The predicted octanol–water partition coefficient (Wildman–Crippen LogP) is 3.22. The second kappa shape index (κ2) is 12.4. The number of likely N-dealkylation sites (N-methyl/N-ethyl adjacent to an activating group) is 1. The number of fused-ring (bicyclic) bond motifs is 1. The lowest BCUT2D eigenvalue weighted by molar-refractivity contribution is -0.141. The lowest BCUT2D eigenvalue weighted by Gasteiger charge is -2.23. The molecule has 0 radical (unpaired) electrons. The van der Waals surface area contributed by atoms with Crippen LogP contribution in [-0.4, -0.2) is 89.8 Å². The largest absolute Gasteiger partial charge is 0.468 e. The second-order valence-electron chi connectivity index (χ2n) is 10.2. The number of aromatic nitrogens is 4. The summed E-state index contributed by atoms with van der Waals surface area (Å²) >= 11 is 2.88. The number of benzene rings is 1. The Morgan fingerprint density at radius 2 is 1.98 bits per heavy atom. The van der Waals surface area contributed by atoms with E-state index in [4.69, 9.17) is 15.1 Å². The normalized spacial score (nSPS) is 14.9. The maximum Gasteiger partial charge on any atom is 0.325 e. The van der Waals surface area contributed by atoms with Gasteiger partial charge < -0.3 is 19.9 Å². The monoisotopic (exact) mass is 607 g/mol. The Bertz CT molecular complexity index is 1640. The summed E-state index contributed by atoms with van der Waals surface area (Å²) < 4.78 is 6.45. The topological polar surface area (TPSA) is 132 Å². The van der Waals surface area contributed by atoms with Crippen LogP contribution in [-0.2, 0) is 20.7 Å². The van der Waals surface area contributed by atoms with Crippen molar-refractivity contribution in [3.63, 3.8) is 0 Å². The van der Waals surface area contributed by atoms with Gasteiger partial charge in [-0.25, -0.2) is 9.97 Å². The molecule has 0 spiro atoms. The van der Waals surface area contributed by atoms with Gasteiger partial charge in [-0.15, -0.1) is 5.10 Å². The van der Waals surface area contributed by atoms with Crippen LogP contribution in [0.5, 0.6) is 0 Å². The molecule has 4 aromatic rings. The summed E-state index contributed by atoms with van der Waals surface area (Å²) in [4.78, 5) is 40.9. The lowest BCUT2D eigenvalue weighted by Crippen LogP contribution is -2.43. The number of nitrogens with zero attached hydrogens (tertiary/aromatic N) is 8. The number of amides is 1. The van der Waals surface area contributed by atoms with Crippen LogP contribution < -0.4 is 15.1 Å². The van der Waals surface area contributed by atoms with Crippen LogP contribution in [0, 0.1) is 18.3 Å². The first kappa shape index (κ1) is 29.4. The van der Waals surface area contributed by atoms with Gasteiger partial charge in [-0.3, -0.25) is 14.5 Å². The van der Waals surface area contributed by atoms with Crippen LogP contribution in [0.3, 0.4) is 0 Å². The molecule has 1 atom stereocenters. The van der Waals surface area contributed by atoms with Gasteiger partial charge in [0, 0.05) is 31.7 Å². The summed E-state index contributed by atoms with van der Waals surface area (Å²) in [6.45, 7) is 5.67. The summed E-state index contributed by atoms with van der Waals surface area (Å²) in [6.07, 6.45) is 1.61. The van der Waals surface area contributed by atoms with Crippen molar-refractivity contribution < 1.29 is 14.3 Å². The van der Waals surface area contributed by atoms with Crippen molar-refractivity contribution in [2.24, 2.45) is 0 Å². The third-order valence-corrected chi connectivity index (χ3v) is 9.33. The number of hydrogen-bond donors (Lipinski definition) is 1. The maximum atomic E-state index is 12.3. The number of thiazole rings is 1. The van der Waals surface area contributed by atoms with Crippen LogP contribution in [0.15, 0.2) is 24.3 Å². The molecule has 1 aliphatic heterocycles. The van der Waals surface area contributed by atoms with E-state index in [0.717, 1.165) is 58.7 Å². The highest BCUT2D eigenvalue weighted by atomic mass is 32.1. The van der Waals surface area contributed by atoms with Gasteiger partial charge in [0.05, 0.1) is 19.3 Å². The van der Waals surface area contributed by atoms with Gasteiger partial charge in [-0.1, -0.05) is 59.4 Å². The lowest BCUT2D eigenvalue weighted by atomic mass is 10.1. The minimum absolute atomic E-state index is 0.137. The van der Waals surface area contributed by atoms with Crippen molar-refractivity contribution in [2.75, 3.05) is 57.2 Å². The quantitative estimate of drug-likeness (QED) is 0.268. The summed E-state index contributed by atoms with van der Waals surface area (Å²) in [6, 6.07) is 10.5. The fourth-order valence-electron chi connectivity index (χ4n) is 4.93. The van der Waals surface area contributed by atoms with Crippen molar-refractivity contribution in [3.05, 3.63) is 40.4 Å². The first-order valence-corrected chi connectivity index (χ1v) is 15.2. The molecule has 220 valence electrons. The minimum atomic E-state index is -0.477. The zero-order valence-corrected chi connectivity index (χ0v) is 25.9. The van der Waals surface area contributed by atoms with Crippen molar-refractivity contribution >= 4 is 55.6 Å². The van der Waals surface area contributed by atoms with Gasteiger partial charge >= 0.3 is 5.97 Å². The molecule has 5 rings (SSSR count). The highest BCUT2D eigenvalue weighted by Crippen LogP contribution is 2.38. The molecule has 1 aliphatic rings. The van der Waals surface area contributed by atoms with Crippen LogP contribution in [0.1, 0.15) is 29.5 Å². The zero-order valence-electron chi connectivity index (χ0n) is 24.2. The van der Waals surface area contributed by atoms with E-state index in [0.29, 0.717) is 15.7 Å². The Labute approximate surface area is 252 Å². The molecule has 3 aromatic heterocycles. The zero-order chi connectivity index (χ0) is 30.0. The van der Waals surface area contributed by atoms with Crippen LogP contribution in [0.2, 0.25) is 0 Å². The molecule has 1 N–H and O–H groups in total. The maximum absolute atomic E-state index is 12.3. The highest BCUT2D eigenvalue weighted by Gasteiger charge is 2.30. The van der Waals surface area contributed by atoms with Crippen LogP contribution in [0.4, 0.5) is 16.1 Å². The van der Waals surface area contributed by atoms with E-state index in [2.05, 4.69) is 27.9 Å². The fourth-order valence-corrected chi connectivity index (χ4v) is 6.72.